The molecule has 0 saturated carbocycles. The predicted octanol–water partition coefficient (Wildman–Crippen LogP) is 8.45. The van der Waals surface area contributed by atoms with Gasteiger partial charge in [0, 0.05) is 23.6 Å². The van der Waals surface area contributed by atoms with Gasteiger partial charge in [-0.2, -0.15) is 0 Å². The first-order valence-electron chi connectivity index (χ1n) is 13.4. The lowest BCUT2D eigenvalue weighted by atomic mass is 9.97. The summed E-state index contributed by atoms with van der Waals surface area (Å²) in [6, 6.07) is 19.0. The first-order valence-corrected chi connectivity index (χ1v) is 13.4. The molecule has 0 spiro atoms. The number of benzene rings is 3. The minimum absolute atomic E-state index is 0.170. The lowest BCUT2D eigenvalue weighted by Gasteiger charge is -2.16. The number of anilines is 2. The summed E-state index contributed by atoms with van der Waals surface area (Å²) in [6.07, 6.45) is 4.14. The van der Waals surface area contributed by atoms with Crippen molar-refractivity contribution in [2.24, 2.45) is 5.92 Å². The third-order valence-electron chi connectivity index (χ3n) is 6.73. The molecule has 0 radical (unpaired) electrons. The molecule has 3 aromatic carbocycles. The highest BCUT2D eigenvalue weighted by Crippen LogP contribution is 2.24. The smallest absolute Gasteiger partial charge is 0.319 e. The van der Waals surface area contributed by atoms with Crippen LogP contribution >= 0.6 is 0 Å². The summed E-state index contributed by atoms with van der Waals surface area (Å²) in [7, 11) is 0. The Balaban J connectivity index is 1.60. The van der Waals surface area contributed by atoms with Gasteiger partial charge >= 0.3 is 6.03 Å². The molecule has 196 valence electrons. The molecule has 3 aromatic rings. The van der Waals surface area contributed by atoms with E-state index < -0.39 is 0 Å². The Morgan fingerprint density at radius 2 is 1.62 bits per heavy atom. The topological polar surface area (TPSA) is 53.2 Å². The summed E-state index contributed by atoms with van der Waals surface area (Å²) < 4.78 is 0. The van der Waals surface area contributed by atoms with E-state index in [1.807, 2.05) is 6.92 Å². The molecule has 37 heavy (non-hydrogen) atoms. The summed E-state index contributed by atoms with van der Waals surface area (Å²) >= 11 is 0. The van der Waals surface area contributed by atoms with Crippen molar-refractivity contribution in [3.63, 3.8) is 0 Å². The van der Waals surface area contributed by atoms with E-state index >= 15 is 0 Å². The Labute approximate surface area is 223 Å². The molecule has 0 heterocycles. The van der Waals surface area contributed by atoms with E-state index in [4.69, 9.17) is 0 Å². The lowest BCUT2D eigenvalue weighted by Crippen LogP contribution is -2.28. The zero-order chi connectivity index (χ0) is 26.9. The fourth-order valence-electron chi connectivity index (χ4n) is 4.54. The Morgan fingerprint density at radius 3 is 2.32 bits per heavy atom. The number of nitrogens with one attached hydrogen (secondary N) is 3. The highest BCUT2D eigenvalue weighted by Gasteiger charge is 2.10. The fourth-order valence-corrected chi connectivity index (χ4v) is 4.54. The minimum atomic E-state index is -0.170. The van der Waals surface area contributed by atoms with Gasteiger partial charge in [0.25, 0.3) is 0 Å². The van der Waals surface area contributed by atoms with E-state index in [9.17, 15) is 4.79 Å². The Morgan fingerprint density at radius 1 is 0.865 bits per heavy atom. The van der Waals surface area contributed by atoms with E-state index in [0.29, 0.717) is 12.5 Å². The summed E-state index contributed by atoms with van der Waals surface area (Å²) in [5.74, 6) is 0.685. The van der Waals surface area contributed by atoms with Crippen molar-refractivity contribution < 1.29 is 4.79 Å². The second-order valence-electron chi connectivity index (χ2n) is 10.7. The van der Waals surface area contributed by atoms with Gasteiger partial charge in [0.05, 0.1) is 0 Å². The number of carbonyl (C=O) groups is 1. The number of amides is 2. The SMILES string of the molecule is C=C(C)Nc1cccc(Cc2ccc(CNC(=O)Nc3cc(C)c(C)cc3CCCC(C)C)cc2C)c1. The van der Waals surface area contributed by atoms with Gasteiger partial charge in [-0.25, -0.2) is 4.79 Å². The van der Waals surface area contributed by atoms with Gasteiger partial charge in [-0.15, -0.1) is 0 Å². The highest BCUT2D eigenvalue weighted by molar-refractivity contribution is 5.90. The second-order valence-corrected chi connectivity index (χ2v) is 10.7. The van der Waals surface area contributed by atoms with Crippen LogP contribution in [-0.4, -0.2) is 6.03 Å². The molecule has 0 fully saturated rings. The van der Waals surface area contributed by atoms with Crippen LogP contribution in [0, 0.1) is 26.7 Å². The third kappa shape index (κ3) is 8.82. The number of hydrogen-bond acceptors (Lipinski definition) is 2. The normalized spacial score (nSPS) is 10.9. The molecule has 0 bridgehead atoms. The summed E-state index contributed by atoms with van der Waals surface area (Å²) in [4.78, 5) is 12.8. The van der Waals surface area contributed by atoms with E-state index in [1.165, 1.54) is 39.8 Å². The zero-order valence-electron chi connectivity index (χ0n) is 23.4. The molecule has 0 atom stereocenters. The molecule has 4 nitrogen and oxygen atoms in total. The van der Waals surface area contributed by atoms with Gasteiger partial charge in [0.1, 0.15) is 0 Å². The van der Waals surface area contributed by atoms with Crippen LogP contribution in [0.5, 0.6) is 0 Å². The van der Waals surface area contributed by atoms with Crippen LogP contribution in [0.2, 0.25) is 0 Å². The molecule has 0 aliphatic carbocycles. The van der Waals surface area contributed by atoms with Gasteiger partial charge in [-0.05, 0) is 110 Å². The number of urea groups is 1. The lowest BCUT2D eigenvalue weighted by molar-refractivity contribution is 0.251. The van der Waals surface area contributed by atoms with Crippen molar-refractivity contribution in [3.05, 3.63) is 106 Å². The van der Waals surface area contributed by atoms with E-state index in [-0.39, 0.29) is 6.03 Å². The number of rotatable bonds is 11. The molecule has 4 heteroatoms. The Bertz CT molecular complexity index is 1240. The van der Waals surface area contributed by atoms with Crippen molar-refractivity contribution >= 4 is 17.4 Å². The molecule has 0 saturated heterocycles. The van der Waals surface area contributed by atoms with Crippen molar-refractivity contribution in [3.8, 4) is 0 Å². The summed E-state index contributed by atoms with van der Waals surface area (Å²) in [6.45, 7) is 17.2. The van der Waals surface area contributed by atoms with Gasteiger partial charge in [-0.3, -0.25) is 0 Å². The highest BCUT2D eigenvalue weighted by atomic mass is 16.2. The van der Waals surface area contributed by atoms with Crippen LogP contribution in [0.4, 0.5) is 16.2 Å². The van der Waals surface area contributed by atoms with E-state index in [1.54, 1.807) is 0 Å². The van der Waals surface area contributed by atoms with Crippen molar-refractivity contribution in [2.45, 2.75) is 73.8 Å². The second kappa shape index (κ2) is 13.1. The quantitative estimate of drug-likeness (QED) is 0.249. The first-order chi connectivity index (χ1) is 17.6. The van der Waals surface area contributed by atoms with Crippen LogP contribution in [0.3, 0.4) is 0 Å². The van der Waals surface area contributed by atoms with E-state index in [2.05, 4.69) is 112 Å². The maximum absolute atomic E-state index is 12.8. The van der Waals surface area contributed by atoms with Crippen LogP contribution < -0.4 is 16.0 Å². The number of aryl methyl sites for hydroxylation is 4. The molecule has 0 unspecified atom stereocenters. The van der Waals surface area contributed by atoms with Gasteiger partial charge in [0.2, 0.25) is 0 Å². The molecule has 2 amide bonds. The Hall–Kier alpha value is -3.53. The third-order valence-corrected chi connectivity index (χ3v) is 6.73. The first kappa shape index (κ1) is 28.0. The average Bonchev–Trinajstić information content (AvgIpc) is 2.82. The van der Waals surface area contributed by atoms with Gasteiger partial charge in [0.15, 0.2) is 0 Å². The van der Waals surface area contributed by atoms with Crippen LogP contribution in [0.1, 0.15) is 72.6 Å². The molecule has 0 aliphatic heterocycles. The van der Waals surface area contributed by atoms with Crippen LogP contribution in [0.15, 0.2) is 66.9 Å². The van der Waals surface area contributed by atoms with Crippen molar-refractivity contribution in [1.29, 1.82) is 0 Å². The number of carbonyl (C=O) groups excluding carboxylic acids is 1. The molecule has 3 rings (SSSR count). The summed E-state index contributed by atoms with van der Waals surface area (Å²) in [5.41, 5.74) is 11.4. The monoisotopic (exact) mass is 497 g/mol. The maximum Gasteiger partial charge on any atom is 0.319 e. The zero-order valence-corrected chi connectivity index (χ0v) is 23.4. The van der Waals surface area contributed by atoms with Gasteiger partial charge < -0.3 is 16.0 Å². The Kier molecular flexibility index (Phi) is 9.96. The number of allylic oxidation sites excluding steroid dienone is 1. The molecular formula is C33H43N3O. The molecule has 0 aliphatic rings. The van der Waals surface area contributed by atoms with Crippen molar-refractivity contribution in [1.82, 2.24) is 5.32 Å². The standard InChI is InChI=1S/C33H43N3O/c1-22(2)10-8-12-30-17-24(5)25(6)18-32(30)36-33(37)34-21-28-14-15-29(26(7)16-28)19-27-11-9-13-31(20-27)35-23(3)4/h9,11,13-18,20,22,35H,3,8,10,12,19,21H2,1-2,4-7H3,(H2,34,36,37). The minimum Gasteiger partial charge on any atom is -0.360 e. The van der Waals surface area contributed by atoms with Crippen molar-refractivity contribution in [2.75, 3.05) is 10.6 Å². The van der Waals surface area contributed by atoms with Gasteiger partial charge in [-0.1, -0.05) is 63.2 Å². The fraction of sp³-hybridized carbons (Fsp3) is 0.364. The predicted molar refractivity (Wildman–Crippen MR) is 158 cm³/mol. The molecule has 3 N–H and O–H groups in total. The average molecular weight is 498 g/mol. The maximum atomic E-state index is 12.8. The summed E-state index contributed by atoms with van der Waals surface area (Å²) in [5, 5.41) is 9.42. The van der Waals surface area contributed by atoms with Crippen LogP contribution in [-0.2, 0) is 19.4 Å². The molecule has 0 aromatic heterocycles. The number of hydrogen-bond donors (Lipinski definition) is 3. The molecular weight excluding hydrogens is 454 g/mol. The largest absolute Gasteiger partial charge is 0.360 e. The van der Waals surface area contributed by atoms with Crippen LogP contribution in [0.25, 0.3) is 0 Å². The van der Waals surface area contributed by atoms with E-state index in [0.717, 1.165) is 41.9 Å².